The number of carbonyl (C=O) groups excluding carboxylic acids is 2. The Kier molecular flexibility index (Phi) is 8.86. The molecule has 0 spiro atoms. The van der Waals surface area contributed by atoms with Gasteiger partial charge in [0.1, 0.15) is 0 Å². The molecule has 2 N–H and O–H groups in total. The normalized spacial score (nSPS) is 15.8. The van der Waals surface area contributed by atoms with E-state index in [1.54, 1.807) is 22.8 Å². The highest BCUT2D eigenvalue weighted by Crippen LogP contribution is 2.20. The quantitative estimate of drug-likeness (QED) is 0.324. The fraction of sp³-hybridized carbons (Fsp3) is 0.524. The molecule has 1 fully saturated rings. The van der Waals surface area contributed by atoms with Crippen molar-refractivity contribution in [2.45, 2.75) is 44.0 Å². The van der Waals surface area contributed by atoms with E-state index in [2.05, 4.69) is 15.6 Å². The van der Waals surface area contributed by atoms with Gasteiger partial charge >= 0.3 is 6.03 Å². The molecule has 9 nitrogen and oxygen atoms in total. The first-order valence-corrected chi connectivity index (χ1v) is 11.5. The number of hydrogen-bond acceptors (Lipinski definition) is 7. The van der Waals surface area contributed by atoms with Gasteiger partial charge in [-0.15, -0.1) is 0 Å². The predicted molar refractivity (Wildman–Crippen MR) is 118 cm³/mol. The van der Waals surface area contributed by atoms with Crippen LogP contribution in [0.25, 0.3) is 10.9 Å². The highest BCUT2D eigenvalue weighted by Gasteiger charge is 2.21. The Morgan fingerprint density at radius 2 is 2.19 bits per heavy atom. The lowest BCUT2D eigenvalue weighted by Crippen LogP contribution is -2.41. The van der Waals surface area contributed by atoms with Gasteiger partial charge in [-0.25, -0.2) is 9.78 Å². The molecule has 1 atom stereocenters. The molecule has 0 saturated carbocycles. The Balaban J connectivity index is 1.62. The van der Waals surface area contributed by atoms with Crippen LogP contribution >= 0.6 is 11.8 Å². The number of rotatable bonds is 10. The number of aromatic nitrogens is 2. The summed E-state index contributed by atoms with van der Waals surface area (Å²) < 4.78 is 12.5. The number of para-hydroxylation sites is 1. The first-order valence-electron chi connectivity index (χ1n) is 10.5. The Bertz CT molecular complexity index is 958. The van der Waals surface area contributed by atoms with Gasteiger partial charge in [0.15, 0.2) is 5.16 Å². The smallest absolute Gasteiger partial charge is 0.321 e. The van der Waals surface area contributed by atoms with Crippen LogP contribution in [0.5, 0.6) is 0 Å². The largest absolute Gasteiger partial charge is 0.382 e. The van der Waals surface area contributed by atoms with E-state index in [0.717, 1.165) is 24.6 Å². The van der Waals surface area contributed by atoms with Crippen LogP contribution in [0.3, 0.4) is 0 Å². The fourth-order valence-corrected chi connectivity index (χ4v) is 4.08. The van der Waals surface area contributed by atoms with Gasteiger partial charge in [0.2, 0.25) is 5.91 Å². The van der Waals surface area contributed by atoms with E-state index >= 15 is 0 Å². The molecule has 3 amide bonds. The molecule has 1 unspecified atom stereocenters. The van der Waals surface area contributed by atoms with Gasteiger partial charge in [0.25, 0.3) is 5.56 Å². The Labute approximate surface area is 184 Å². The minimum atomic E-state index is -0.551. The van der Waals surface area contributed by atoms with Crippen molar-refractivity contribution >= 4 is 34.6 Å². The standard InChI is InChI=1S/C21H28N4O5S/c1-2-29-11-6-10-22-20(28)24-18(26)14-31-21-23-17-9-4-3-8-16(17)19(27)25(21)13-15-7-5-12-30-15/h3-4,8-9,15H,2,5-7,10-14H2,1H3,(H2,22,24,26,28). The summed E-state index contributed by atoms with van der Waals surface area (Å²) in [6, 6.07) is 6.58. The average Bonchev–Trinajstić information content (AvgIpc) is 3.27. The number of hydrogen-bond donors (Lipinski definition) is 2. The molecular weight excluding hydrogens is 420 g/mol. The van der Waals surface area contributed by atoms with Gasteiger partial charge in [-0.05, 0) is 38.3 Å². The maximum absolute atomic E-state index is 13.0. The van der Waals surface area contributed by atoms with E-state index in [0.29, 0.717) is 55.4 Å². The maximum Gasteiger partial charge on any atom is 0.321 e. The number of carbonyl (C=O) groups is 2. The van der Waals surface area contributed by atoms with Gasteiger partial charge in [0.05, 0.1) is 29.3 Å². The zero-order valence-corrected chi connectivity index (χ0v) is 18.4. The lowest BCUT2D eigenvalue weighted by molar-refractivity contribution is -0.117. The number of amides is 3. The van der Waals surface area contributed by atoms with Crippen molar-refractivity contribution in [1.29, 1.82) is 0 Å². The lowest BCUT2D eigenvalue weighted by Gasteiger charge is -2.16. The molecule has 168 valence electrons. The number of thioether (sulfide) groups is 1. The summed E-state index contributed by atoms with van der Waals surface area (Å²) in [6.45, 7) is 4.58. The molecule has 0 aliphatic carbocycles. The second kappa shape index (κ2) is 11.8. The van der Waals surface area contributed by atoms with Crippen LogP contribution in [0.4, 0.5) is 4.79 Å². The minimum Gasteiger partial charge on any atom is -0.382 e. The molecule has 10 heteroatoms. The van der Waals surface area contributed by atoms with Gasteiger partial charge in [-0.3, -0.25) is 19.5 Å². The number of fused-ring (bicyclic) bond motifs is 1. The highest BCUT2D eigenvalue weighted by atomic mass is 32.2. The molecule has 0 bridgehead atoms. The van der Waals surface area contributed by atoms with Gasteiger partial charge in [-0.2, -0.15) is 0 Å². The molecule has 3 rings (SSSR count). The topological polar surface area (TPSA) is 112 Å². The van der Waals surface area contributed by atoms with Gasteiger partial charge < -0.3 is 14.8 Å². The fourth-order valence-electron chi connectivity index (χ4n) is 3.27. The van der Waals surface area contributed by atoms with Crippen LogP contribution in [0.2, 0.25) is 0 Å². The van der Waals surface area contributed by atoms with Crippen molar-refractivity contribution in [2.75, 3.05) is 32.1 Å². The predicted octanol–water partition coefficient (Wildman–Crippen LogP) is 1.92. The van der Waals surface area contributed by atoms with E-state index < -0.39 is 11.9 Å². The molecule has 0 radical (unpaired) electrons. The van der Waals surface area contributed by atoms with Gasteiger partial charge in [-0.1, -0.05) is 23.9 Å². The third kappa shape index (κ3) is 6.78. The maximum atomic E-state index is 13.0. The molecule has 1 aliphatic heterocycles. The van der Waals surface area contributed by atoms with Crippen LogP contribution in [0, 0.1) is 0 Å². The summed E-state index contributed by atoms with van der Waals surface area (Å²) in [7, 11) is 0. The van der Waals surface area contributed by atoms with Gasteiger partial charge in [0, 0.05) is 26.4 Å². The van der Waals surface area contributed by atoms with Crippen molar-refractivity contribution in [2.24, 2.45) is 0 Å². The Morgan fingerprint density at radius 1 is 1.35 bits per heavy atom. The molecule has 2 heterocycles. The van der Waals surface area contributed by atoms with Crippen LogP contribution in [0.1, 0.15) is 26.2 Å². The third-order valence-corrected chi connectivity index (χ3v) is 5.75. The molecule has 1 aromatic carbocycles. The van der Waals surface area contributed by atoms with Crippen LogP contribution < -0.4 is 16.2 Å². The Hall–Kier alpha value is -2.43. The monoisotopic (exact) mass is 448 g/mol. The first kappa shape index (κ1) is 23.2. The van der Waals surface area contributed by atoms with E-state index in [1.807, 2.05) is 13.0 Å². The molecule has 1 aliphatic rings. The second-order valence-corrected chi connectivity index (χ2v) is 8.05. The summed E-state index contributed by atoms with van der Waals surface area (Å²) in [5, 5.41) is 5.88. The minimum absolute atomic E-state index is 0.0390. The van der Waals surface area contributed by atoms with Crippen LogP contribution in [-0.4, -0.2) is 59.7 Å². The summed E-state index contributed by atoms with van der Waals surface area (Å²) in [5.74, 6) is -0.499. The number of nitrogens with one attached hydrogen (secondary N) is 2. The van der Waals surface area contributed by atoms with Crippen molar-refractivity contribution in [3.05, 3.63) is 34.6 Å². The number of imide groups is 1. The lowest BCUT2D eigenvalue weighted by atomic mass is 10.2. The average molecular weight is 449 g/mol. The number of ether oxygens (including phenoxy) is 2. The second-order valence-electron chi connectivity index (χ2n) is 7.11. The van der Waals surface area contributed by atoms with Crippen LogP contribution in [0.15, 0.2) is 34.2 Å². The zero-order chi connectivity index (χ0) is 22.1. The molecular formula is C21H28N4O5S. The Morgan fingerprint density at radius 3 is 2.97 bits per heavy atom. The van der Waals surface area contributed by atoms with Crippen molar-refractivity contribution in [3.63, 3.8) is 0 Å². The molecule has 31 heavy (non-hydrogen) atoms. The van der Waals surface area contributed by atoms with Crippen LogP contribution in [-0.2, 0) is 20.8 Å². The highest BCUT2D eigenvalue weighted by molar-refractivity contribution is 7.99. The summed E-state index contributed by atoms with van der Waals surface area (Å²) in [4.78, 5) is 41.7. The molecule has 1 aromatic heterocycles. The van der Waals surface area contributed by atoms with Crippen molar-refractivity contribution in [3.8, 4) is 0 Å². The number of nitrogens with zero attached hydrogens (tertiary/aromatic N) is 2. The van der Waals surface area contributed by atoms with E-state index in [4.69, 9.17) is 9.47 Å². The third-order valence-electron chi connectivity index (χ3n) is 4.78. The van der Waals surface area contributed by atoms with E-state index in [9.17, 15) is 14.4 Å². The summed E-state index contributed by atoms with van der Waals surface area (Å²) >= 11 is 1.13. The number of urea groups is 1. The molecule has 2 aromatic rings. The number of benzene rings is 1. The molecule has 1 saturated heterocycles. The van der Waals surface area contributed by atoms with Crippen molar-refractivity contribution in [1.82, 2.24) is 20.2 Å². The van der Waals surface area contributed by atoms with E-state index in [-0.39, 0.29) is 17.4 Å². The summed E-state index contributed by atoms with van der Waals surface area (Å²) in [5.41, 5.74) is 0.419. The first-order chi connectivity index (χ1) is 15.1. The SMILES string of the molecule is CCOCCCNC(=O)NC(=O)CSc1nc2ccccc2c(=O)n1CC1CCCO1. The zero-order valence-electron chi connectivity index (χ0n) is 17.6. The van der Waals surface area contributed by atoms with E-state index in [1.165, 1.54) is 0 Å². The van der Waals surface area contributed by atoms with Crippen molar-refractivity contribution < 1.29 is 19.1 Å². The summed E-state index contributed by atoms with van der Waals surface area (Å²) in [6.07, 6.45) is 2.47.